The van der Waals surface area contributed by atoms with E-state index in [9.17, 15) is 4.79 Å². The largest absolute Gasteiger partial charge is 0.493 e. The van der Waals surface area contributed by atoms with E-state index in [4.69, 9.17) is 14.2 Å². The molecular weight excluding hydrogens is 308 g/mol. The molecule has 0 fully saturated rings. The molecule has 6 nitrogen and oxygen atoms in total. The number of aryl methyl sites for hydroxylation is 1. The summed E-state index contributed by atoms with van der Waals surface area (Å²) in [4.78, 5) is 12.4. The second-order valence-corrected chi connectivity index (χ2v) is 5.51. The van der Waals surface area contributed by atoms with Crippen LogP contribution in [0, 0.1) is 6.92 Å². The maximum atomic E-state index is 12.4. The molecule has 2 aromatic carbocycles. The molecule has 0 radical (unpaired) electrons. The standard InChI is InChI=1S/C18H20N2O4/c1-10-6-5-7-12-15(10)19-17(20-18(12)21)11-8-13(22-2)16(24-4)14(9-11)23-3/h5-9,17,19H,1-4H3,(H,20,21). The van der Waals surface area contributed by atoms with E-state index in [2.05, 4.69) is 10.6 Å². The van der Waals surface area contributed by atoms with Crippen molar-refractivity contribution in [3.8, 4) is 17.2 Å². The summed E-state index contributed by atoms with van der Waals surface area (Å²) in [6, 6.07) is 9.28. The van der Waals surface area contributed by atoms with Crippen LogP contribution in [0.4, 0.5) is 5.69 Å². The zero-order valence-corrected chi connectivity index (χ0v) is 14.1. The summed E-state index contributed by atoms with van der Waals surface area (Å²) in [5, 5.41) is 6.32. The third-order valence-corrected chi connectivity index (χ3v) is 4.10. The molecule has 2 aromatic rings. The molecule has 0 aromatic heterocycles. The van der Waals surface area contributed by atoms with Gasteiger partial charge in [-0.05, 0) is 30.7 Å². The Kier molecular flexibility index (Phi) is 4.20. The molecule has 0 aliphatic carbocycles. The fourth-order valence-corrected chi connectivity index (χ4v) is 2.87. The number of rotatable bonds is 4. The van der Waals surface area contributed by atoms with Crippen LogP contribution in [0.1, 0.15) is 27.7 Å². The quantitative estimate of drug-likeness (QED) is 0.903. The number of hydrogen-bond donors (Lipinski definition) is 2. The van der Waals surface area contributed by atoms with Gasteiger partial charge in [0.1, 0.15) is 6.17 Å². The van der Waals surface area contributed by atoms with E-state index in [1.165, 1.54) is 0 Å². The number of para-hydroxylation sites is 1. The summed E-state index contributed by atoms with van der Waals surface area (Å²) in [6.45, 7) is 1.97. The molecule has 24 heavy (non-hydrogen) atoms. The monoisotopic (exact) mass is 328 g/mol. The van der Waals surface area contributed by atoms with Crippen LogP contribution >= 0.6 is 0 Å². The number of hydrogen-bond acceptors (Lipinski definition) is 5. The first-order valence-corrected chi connectivity index (χ1v) is 7.56. The Morgan fingerprint density at radius 2 is 1.62 bits per heavy atom. The molecule has 1 aliphatic rings. The predicted molar refractivity (Wildman–Crippen MR) is 91.1 cm³/mol. The number of carbonyl (C=O) groups excluding carboxylic acids is 1. The highest BCUT2D eigenvalue weighted by atomic mass is 16.5. The van der Waals surface area contributed by atoms with Gasteiger partial charge in [0, 0.05) is 5.56 Å². The van der Waals surface area contributed by atoms with E-state index in [1.54, 1.807) is 27.4 Å². The molecule has 1 aliphatic heterocycles. The van der Waals surface area contributed by atoms with Gasteiger partial charge in [-0.25, -0.2) is 0 Å². The third-order valence-electron chi connectivity index (χ3n) is 4.10. The van der Waals surface area contributed by atoms with Gasteiger partial charge in [0.25, 0.3) is 5.91 Å². The van der Waals surface area contributed by atoms with Crippen molar-refractivity contribution in [2.75, 3.05) is 26.6 Å². The fourth-order valence-electron chi connectivity index (χ4n) is 2.87. The van der Waals surface area contributed by atoms with Crippen molar-refractivity contribution in [2.24, 2.45) is 0 Å². The van der Waals surface area contributed by atoms with Crippen LogP contribution in [0.25, 0.3) is 0 Å². The number of carbonyl (C=O) groups is 1. The van der Waals surface area contributed by atoms with Crippen molar-refractivity contribution >= 4 is 11.6 Å². The Balaban J connectivity index is 2.04. The van der Waals surface area contributed by atoms with Crippen molar-refractivity contribution < 1.29 is 19.0 Å². The summed E-state index contributed by atoms with van der Waals surface area (Å²) in [6.07, 6.45) is -0.389. The summed E-state index contributed by atoms with van der Waals surface area (Å²) in [7, 11) is 4.68. The van der Waals surface area contributed by atoms with Crippen LogP contribution in [0.5, 0.6) is 17.2 Å². The lowest BCUT2D eigenvalue weighted by molar-refractivity contribution is 0.0935. The molecule has 0 spiro atoms. The minimum absolute atomic E-state index is 0.119. The number of fused-ring (bicyclic) bond motifs is 1. The van der Waals surface area contributed by atoms with Crippen LogP contribution in [0.15, 0.2) is 30.3 Å². The second-order valence-electron chi connectivity index (χ2n) is 5.51. The number of methoxy groups -OCH3 is 3. The van der Waals surface area contributed by atoms with E-state index in [0.717, 1.165) is 16.8 Å². The zero-order chi connectivity index (χ0) is 17.3. The third kappa shape index (κ3) is 2.60. The molecular formula is C18H20N2O4. The van der Waals surface area contributed by atoms with Crippen LogP contribution < -0.4 is 24.8 Å². The maximum absolute atomic E-state index is 12.4. The minimum atomic E-state index is -0.389. The van der Waals surface area contributed by atoms with E-state index in [-0.39, 0.29) is 12.1 Å². The Morgan fingerprint density at radius 3 is 2.21 bits per heavy atom. The van der Waals surface area contributed by atoms with Crippen LogP contribution in [-0.2, 0) is 0 Å². The minimum Gasteiger partial charge on any atom is -0.493 e. The predicted octanol–water partition coefficient (Wildman–Crippen LogP) is 2.87. The topological polar surface area (TPSA) is 68.8 Å². The summed E-state index contributed by atoms with van der Waals surface area (Å²) in [5.41, 5.74) is 3.30. The van der Waals surface area contributed by atoms with Crippen molar-refractivity contribution in [3.05, 3.63) is 47.0 Å². The van der Waals surface area contributed by atoms with Crippen molar-refractivity contribution in [1.82, 2.24) is 5.32 Å². The van der Waals surface area contributed by atoms with Gasteiger partial charge in [0.05, 0.1) is 32.6 Å². The Labute approximate surface area is 140 Å². The van der Waals surface area contributed by atoms with Crippen LogP contribution in [0.2, 0.25) is 0 Å². The lowest BCUT2D eigenvalue weighted by Crippen LogP contribution is -2.38. The molecule has 126 valence electrons. The van der Waals surface area contributed by atoms with E-state index in [1.807, 2.05) is 31.2 Å². The van der Waals surface area contributed by atoms with Crippen LogP contribution in [0.3, 0.4) is 0 Å². The van der Waals surface area contributed by atoms with Gasteiger partial charge in [-0.15, -0.1) is 0 Å². The van der Waals surface area contributed by atoms with Gasteiger partial charge in [0.15, 0.2) is 11.5 Å². The smallest absolute Gasteiger partial charge is 0.255 e. The van der Waals surface area contributed by atoms with Gasteiger partial charge in [-0.2, -0.15) is 0 Å². The van der Waals surface area contributed by atoms with Crippen molar-refractivity contribution in [2.45, 2.75) is 13.1 Å². The highest BCUT2D eigenvalue weighted by Gasteiger charge is 2.27. The van der Waals surface area contributed by atoms with Crippen molar-refractivity contribution in [3.63, 3.8) is 0 Å². The van der Waals surface area contributed by atoms with E-state index >= 15 is 0 Å². The zero-order valence-electron chi connectivity index (χ0n) is 14.1. The lowest BCUT2D eigenvalue weighted by Gasteiger charge is -2.30. The first-order valence-electron chi connectivity index (χ1n) is 7.56. The van der Waals surface area contributed by atoms with Gasteiger partial charge >= 0.3 is 0 Å². The average molecular weight is 328 g/mol. The van der Waals surface area contributed by atoms with Crippen LogP contribution in [-0.4, -0.2) is 27.2 Å². The number of nitrogens with one attached hydrogen (secondary N) is 2. The van der Waals surface area contributed by atoms with Gasteiger partial charge in [-0.3, -0.25) is 4.79 Å². The van der Waals surface area contributed by atoms with E-state index < -0.39 is 0 Å². The van der Waals surface area contributed by atoms with Gasteiger partial charge in [-0.1, -0.05) is 12.1 Å². The molecule has 3 rings (SSSR count). The first-order chi connectivity index (χ1) is 11.6. The molecule has 0 saturated carbocycles. The normalized spacial score (nSPS) is 15.8. The molecule has 1 atom stereocenters. The van der Waals surface area contributed by atoms with Gasteiger partial charge in [0.2, 0.25) is 5.75 Å². The average Bonchev–Trinajstić information content (AvgIpc) is 2.61. The Hall–Kier alpha value is -2.89. The molecule has 6 heteroatoms. The Bertz CT molecular complexity index is 764. The molecule has 0 saturated heterocycles. The summed E-state index contributed by atoms with van der Waals surface area (Å²) >= 11 is 0. The molecule has 1 amide bonds. The molecule has 0 bridgehead atoms. The van der Waals surface area contributed by atoms with E-state index in [0.29, 0.717) is 22.8 Å². The Morgan fingerprint density at radius 1 is 0.958 bits per heavy atom. The summed E-state index contributed by atoms with van der Waals surface area (Å²) in [5.74, 6) is 1.48. The SMILES string of the molecule is COc1cc(C2NC(=O)c3cccc(C)c3N2)cc(OC)c1OC. The molecule has 2 N–H and O–H groups in total. The number of ether oxygens (including phenoxy) is 3. The number of anilines is 1. The van der Waals surface area contributed by atoms with Gasteiger partial charge < -0.3 is 24.8 Å². The van der Waals surface area contributed by atoms with Crippen molar-refractivity contribution in [1.29, 1.82) is 0 Å². The number of amides is 1. The fraction of sp³-hybridized carbons (Fsp3) is 0.278. The highest BCUT2D eigenvalue weighted by Crippen LogP contribution is 2.40. The highest BCUT2D eigenvalue weighted by molar-refractivity contribution is 6.02. The second kappa shape index (κ2) is 6.31. The maximum Gasteiger partial charge on any atom is 0.255 e. The molecule has 1 unspecified atom stereocenters. The number of benzene rings is 2. The lowest BCUT2D eigenvalue weighted by atomic mass is 10.0. The molecule has 1 heterocycles. The first kappa shape index (κ1) is 16.0. The summed E-state index contributed by atoms with van der Waals surface area (Å²) < 4.78 is 16.1.